The van der Waals surface area contributed by atoms with E-state index < -0.39 is 0 Å². The Morgan fingerprint density at radius 1 is 1.55 bits per heavy atom. The SMILES string of the molecule is CCSCCNCC(C)CO. The normalized spacial score (nSPS) is 13.4. The minimum absolute atomic E-state index is 0.286. The summed E-state index contributed by atoms with van der Waals surface area (Å²) in [6.07, 6.45) is 0. The molecular formula is C8H19NOS. The fourth-order valence-electron chi connectivity index (χ4n) is 0.702. The van der Waals surface area contributed by atoms with Gasteiger partial charge in [-0.1, -0.05) is 13.8 Å². The molecule has 0 radical (unpaired) electrons. The van der Waals surface area contributed by atoms with Crippen molar-refractivity contribution in [1.29, 1.82) is 0 Å². The molecule has 0 aromatic heterocycles. The van der Waals surface area contributed by atoms with Crippen LogP contribution in [0.15, 0.2) is 0 Å². The summed E-state index contributed by atoms with van der Waals surface area (Å²) < 4.78 is 0. The number of thioether (sulfide) groups is 1. The molecule has 0 aliphatic carbocycles. The highest BCUT2D eigenvalue weighted by Crippen LogP contribution is 1.95. The fourth-order valence-corrected chi connectivity index (χ4v) is 1.28. The Bertz CT molecular complexity index is 80.5. The zero-order chi connectivity index (χ0) is 8.53. The third-order valence-corrected chi connectivity index (χ3v) is 2.33. The van der Waals surface area contributed by atoms with Crippen molar-refractivity contribution < 1.29 is 5.11 Å². The molecule has 1 atom stereocenters. The summed E-state index contributed by atoms with van der Waals surface area (Å²) in [5.41, 5.74) is 0. The van der Waals surface area contributed by atoms with E-state index in [0.29, 0.717) is 5.92 Å². The largest absolute Gasteiger partial charge is 0.396 e. The lowest BCUT2D eigenvalue weighted by molar-refractivity contribution is 0.234. The predicted octanol–water partition coefficient (Wildman–Crippen LogP) is 0.957. The molecule has 0 aromatic carbocycles. The summed E-state index contributed by atoms with van der Waals surface area (Å²) in [5.74, 6) is 2.76. The fraction of sp³-hybridized carbons (Fsp3) is 1.00. The predicted molar refractivity (Wildman–Crippen MR) is 52.1 cm³/mol. The number of rotatable bonds is 7. The van der Waals surface area contributed by atoms with Crippen molar-refractivity contribution in [3.63, 3.8) is 0 Å². The van der Waals surface area contributed by atoms with E-state index in [1.54, 1.807) is 0 Å². The molecular weight excluding hydrogens is 158 g/mol. The Hall–Kier alpha value is 0.270. The molecule has 68 valence electrons. The highest BCUT2D eigenvalue weighted by atomic mass is 32.2. The van der Waals surface area contributed by atoms with Gasteiger partial charge in [0, 0.05) is 18.9 Å². The van der Waals surface area contributed by atoms with Crippen LogP contribution in [0.1, 0.15) is 13.8 Å². The highest BCUT2D eigenvalue weighted by Gasteiger charge is 1.96. The molecule has 0 fully saturated rings. The second-order valence-electron chi connectivity index (χ2n) is 2.69. The molecule has 0 aliphatic rings. The van der Waals surface area contributed by atoms with Crippen LogP contribution in [0.3, 0.4) is 0 Å². The van der Waals surface area contributed by atoms with Crippen molar-refractivity contribution in [2.75, 3.05) is 31.2 Å². The Morgan fingerprint density at radius 2 is 2.27 bits per heavy atom. The number of aliphatic hydroxyl groups excluding tert-OH is 1. The van der Waals surface area contributed by atoms with Crippen LogP contribution < -0.4 is 5.32 Å². The maximum Gasteiger partial charge on any atom is 0.0468 e. The van der Waals surface area contributed by atoms with E-state index in [1.807, 2.05) is 18.7 Å². The van der Waals surface area contributed by atoms with Gasteiger partial charge in [0.1, 0.15) is 0 Å². The Morgan fingerprint density at radius 3 is 2.82 bits per heavy atom. The van der Waals surface area contributed by atoms with Crippen molar-refractivity contribution in [3.05, 3.63) is 0 Å². The van der Waals surface area contributed by atoms with Gasteiger partial charge in [-0.3, -0.25) is 0 Å². The van der Waals surface area contributed by atoms with Crippen molar-refractivity contribution >= 4 is 11.8 Å². The van der Waals surface area contributed by atoms with E-state index in [4.69, 9.17) is 5.11 Å². The first-order valence-corrected chi connectivity index (χ1v) is 5.36. The standard InChI is InChI=1S/C8H19NOS/c1-3-11-5-4-9-6-8(2)7-10/h8-10H,3-7H2,1-2H3. The van der Waals surface area contributed by atoms with E-state index in [-0.39, 0.29) is 6.61 Å². The van der Waals surface area contributed by atoms with Crippen LogP contribution in [0.25, 0.3) is 0 Å². The van der Waals surface area contributed by atoms with Gasteiger partial charge in [-0.2, -0.15) is 11.8 Å². The molecule has 0 heterocycles. The zero-order valence-electron chi connectivity index (χ0n) is 7.47. The topological polar surface area (TPSA) is 32.3 Å². The van der Waals surface area contributed by atoms with Crippen LogP contribution in [0.4, 0.5) is 0 Å². The molecule has 2 N–H and O–H groups in total. The minimum atomic E-state index is 0.286. The van der Waals surface area contributed by atoms with Crippen LogP contribution in [-0.2, 0) is 0 Å². The molecule has 0 spiro atoms. The average molecular weight is 177 g/mol. The van der Waals surface area contributed by atoms with Gasteiger partial charge in [0.25, 0.3) is 0 Å². The van der Waals surface area contributed by atoms with Gasteiger partial charge < -0.3 is 10.4 Å². The monoisotopic (exact) mass is 177 g/mol. The highest BCUT2D eigenvalue weighted by molar-refractivity contribution is 7.99. The van der Waals surface area contributed by atoms with E-state index >= 15 is 0 Å². The van der Waals surface area contributed by atoms with Gasteiger partial charge in [0.2, 0.25) is 0 Å². The first-order valence-electron chi connectivity index (χ1n) is 4.20. The molecule has 0 rings (SSSR count). The molecule has 0 bridgehead atoms. The second kappa shape index (κ2) is 8.37. The number of aliphatic hydroxyl groups is 1. The lowest BCUT2D eigenvalue weighted by atomic mass is 10.2. The van der Waals surface area contributed by atoms with Crippen molar-refractivity contribution in [1.82, 2.24) is 5.32 Å². The smallest absolute Gasteiger partial charge is 0.0468 e. The first kappa shape index (κ1) is 11.3. The molecule has 2 nitrogen and oxygen atoms in total. The summed E-state index contributed by atoms with van der Waals surface area (Å²) >= 11 is 1.94. The summed E-state index contributed by atoms with van der Waals surface area (Å²) in [5, 5.41) is 12.0. The third kappa shape index (κ3) is 8.17. The average Bonchev–Trinajstić information content (AvgIpc) is 2.04. The maximum absolute atomic E-state index is 8.69. The van der Waals surface area contributed by atoms with Gasteiger partial charge in [0.05, 0.1) is 0 Å². The number of hydrogen-bond acceptors (Lipinski definition) is 3. The van der Waals surface area contributed by atoms with E-state index in [0.717, 1.165) is 13.1 Å². The van der Waals surface area contributed by atoms with E-state index in [1.165, 1.54) is 11.5 Å². The molecule has 11 heavy (non-hydrogen) atoms. The first-order chi connectivity index (χ1) is 5.31. The molecule has 0 saturated heterocycles. The number of nitrogens with one attached hydrogen (secondary N) is 1. The molecule has 0 saturated carbocycles. The van der Waals surface area contributed by atoms with Gasteiger partial charge in [0.15, 0.2) is 0 Å². The van der Waals surface area contributed by atoms with Gasteiger partial charge in [-0.15, -0.1) is 0 Å². The Kier molecular flexibility index (Phi) is 8.57. The van der Waals surface area contributed by atoms with Crippen LogP contribution in [-0.4, -0.2) is 36.3 Å². The molecule has 0 aromatic rings. The van der Waals surface area contributed by atoms with Crippen molar-refractivity contribution in [2.45, 2.75) is 13.8 Å². The van der Waals surface area contributed by atoms with Crippen LogP contribution in [0, 0.1) is 5.92 Å². The van der Waals surface area contributed by atoms with Gasteiger partial charge >= 0.3 is 0 Å². The maximum atomic E-state index is 8.69. The summed E-state index contributed by atoms with van der Waals surface area (Å²) in [6, 6.07) is 0. The Balaban J connectivity index is 2.89. The van der Waals surface area contributed by atoms with Crippen molar-refractivity contribution in [2.24, 2.45) is 5.92 Å². The lowest BCUT2D eigenvalue weighted by Gasteiger charge is -2.08. The number of hydrogen-bond donors (Lipinski definition) is 2. The minimum Gasteiger partial charge on any atom is -0.396 e. The van der Waals surface area contributed by atoms with E-state index in [2.05, 4.69) is 12.2 Å². The summed E-state index contributed by atoms with van der Waals surface area (Å²) in [6.45, 7) is 6.48. The van der Waals surface area contributed by atoms with Crippen molar-refractivity contribution in [3.8, 4) is 0 Å². The molecule has 3 heteroatoms. The van der Waals surface area contributed by atoms with Gasteiger partial charge in [-0.05, 0) is 18.2 Å². The Labute approximate surface area is 73.8 Å². The third-order valence-electron chi connectivity index (χ3n) is 1.43. The summed E-state index contributed by atoms with van der Waals surface area (Å²) in [7, 11) is 0. The zero-order valence-corrected chi connectivity index (χ0v) is 8.28. The molecule has 0 aliphatic heterocycles. The molecule has 1 unspecified atom stereocenters. The molecule has 0 amide bonds. The van der Waals surface area contributed by atoms with Crippen LogP contribution >= 0.6 is 11.8 Å². The quantitative estimate of drug-likeness (QED) is 0.568. The van der Waals surface area contributed by atoms with Gasteiger partial charge in [-0.25, -0.2) is 0 Å². The summed E-state index contributed by atoms with van der Waals surface area (Å²) in [4.78, 5) is 0. The lowest BCUT2D eigenvalue weighted by Crippen LogP contribution is -2.25. The van der Waals surface area contributed by atoms with E-state index in [9.17, 15) is 0 Å². The van der Waals surface area contributed by atoms with Crippen LogP contribution in [0.5, 0.6) is 0 Å². The van der Waals surface area contributed by atoms with Crippen LogP contribution in [0.2, 0.25) is 0 Å². The second-order valence-corrected chi connectivity index (χ2v) is 4.08.